The number of thiocarbonyl (C=S) groups is 1. The van der Waals surface area contributed by atoms with Crippen molar-refractivity contribution in [3.63, 3.8) is 0 Å². The van der Waals surface area contributed by atoms with E-state index in [1.165, 1.54) is 5.56 Å². The van der Waals surface area contributed by atoms with Crippen LogP contribution >= 0.6 is 12.2 Å². The van der Waals surface area contributed by atoms with Gasteiger partial charge in [0, 0.05) is 38.4 Å². The Bertz CT molecular complexity index is 722. The SMILES string of the molecule is Cc1cc(C)c(C(N)=S)c(N2CCN(Cc3ccccc3)CC2)n1. The van der Waals surface area contributed by atoms with Crippen molar-refractivity contribution in [2.24, 2.45) is 5.73 Å². The molecule has 0 radical (unpaired) electrons. The van der Waals surface area contributed by atoms with E-state index in [0.29, 0.717) is 4.99 Å². The van der Waals surface area contributed by atoms with Crippen molar-refractivity contribution in [1.29, 1.82) is 0 Å². The van der Waals surface area contributed by atoms with Crippen LogP contribution in [-0.4, -0.2) is 41.1 Å². The Hall–Kier alpha value is -1.98. The Labute approximate surface area is 149 Å². The molecule has 24 heavy (non-hydrogen) atoms. The van der Waals surface area contributed by atoms with Crippen molar-refractivity contribution in [2.45, 2.75) is 20.4 Å². The summed E-state index contributed by atoms with van der Waals surface area (Å²) in [5.74, 6) is 0.944. The number of anilines is 1. The van der Waals surface area contributed by atoms with Crippen LogP contribution in [0.15, 0.2) is 36.4 Å². The van der Waals surface area contributed by atoms with Gasteiger partial charge in [0.05, 0.1) is 5.56 Å². The van der Waals surface area contributed by atoms with Crippen molar-refractivity contribution in [3.8, 4) is 0 Å². The number of rotatable bonds is 4. The van der Waals surface area contributed by atoms with Crippen LogP contribution in [0.25, 0.3) is 0 Å². The van der Waals surface area contributed by atoms with E-state index in [0.717, 1.165) is 55.4 Å². The smallest absolute Gasteiger partial charge is 0.139 e. The highest BCUT2D eigenvalue weighted by atomic mass is 32.1. The number of aryl methyl sites for hydroxylation is 2. The molecule has 5 heteroatoms. The summed E-state index contributed by atoms with van der Waals surface area (Å²) in [5, 5.41) is 0. The van der Waals surface area contributed by atoms with E-state index < -0.39 is 0 Å². The third-order valence-electron chi connectivity index (χ3n) is 4.49. The maximum Gasteiger partial charge on any atom is 0.139 e. The maximum absolute atomic E-state index is 5.96. The minimum atomic E-state index is 0.432. The summed E-state index contributed by atoms with van der Waals surface area (Å²) in [6, 6.07) is 12.7. The zero-order valence-corrected chi connectivity index (χ0v) is 15.1. The molecule has 1 aliphatic heterocycles. The fraction of sp³-hybridized carbons (Fsp3) is 0.368. The molecule has 0 atom stereocenters. The van der Waals surface area contributed by atoms with Crippen LogP contribution < -0.4 is 10.6 Å². The minimum absolute atomic E-state index is 0.432. The van der Waals surface area contributed by atoms with Crippen LogP contribution in [0.2, 0.25) is 0 Å². The highest BCUT2D eigenvalue weighted by molar-refractivity contribution is 7.80. The van der Waals surface area contributed by atoms with Gasteiger partial charge in [0.15, 0.2) is 0 Å². The zero-order valence-electron chi connectivity index (χ0n) is 14.3. The van der Waals surface area contributed by atoms with Gasteiger partial charge >= 0.3 is 0 Å². The number of aromatic nitrogens is 1. The lowest BCUT2D eigenvalue weighted by Crippen LogP contribution is -2.47. The second kappa shape index (κ2) is 7.28. The Balaban J connectivity index is 1.72. The minimum Gasteiger partial charge on any atom is -0.389 e. The predicted octanol–water partition coefficient (Wildman–Crippen LogP) is 2.65. The van der Waals surface area contributed by atoms with Gasteiger partial charge in [0.25, 0.3) is 0 Å². The van der Waals surface area contributed by atoms with E-state index in [9.17, 15) is 0 Å². The molecule has 1 saturated heterocycles. The van der Waals surface area contributed by atoms with Crippen LogP contribution in [0.4, 0.5) is 5.82 Å². The normalized spacial score (nSPS) is 15.5. The van der Waals surface area contributed by atoms with E-state index >= 15 is 0 Å². The fourth-order valence-electron chi connectivity index (χ4n) is 3.31. The van der Waals surface area contributed by atoms with Crippen molar-refractivity contribution in [1.82, 2.24) is 9.88 Å². The number of piperazine rings is 1. The van der Waals surface area contributed by atoms with E-state index in [-0.39, 0.29) is 0 Å². The van der Waals surface area contributed by atoms with Crippen molar-refractivity contribution in [2.75, 3.05) is 31.1 Å². The van der Waals surface area contributed by atoms with Crippen LogP contribution in [0.1, 0.15) is 22.4 Å². The Morgan fingerprint density at radius 1 is 1.12 bits per heavy atom. The first-order valence-corrected chi connectivity index (χ1v) is 8.74. The number of nitrogens with zero attached hydrogens (tertiary/aromatic N) is 3. The molecule has 126 valence electrons. The second-order valence-corrected chi connectivity index (χ2v) is 6.83. The van der Waals surface area contributed by atoms with Gasteiger partial charge in [-0.05, 0) is 31.0 Å². The summed E-state index contributed by atoms with van der Waals surface area (Å²) in [7, 11) is 0. The van der Waals surface area contributed by atoms with Crippen LogP contribution in [0.3, 0.4) is 0 Å². The summed E-state index contributed by atoms with van der Waals surface area (Å²) >= 11 is 5.26. The third kappa shape index (κ3) is 3.74. The van der Waals surface area contributed by atoms with Crippen LogP contribution in [0, 0.1) is 13.8 Å². The lowest BCUT2D eigenvalue weighted by Gasteiger charge is -2.36. The molecule has 1 aromatic heterocycles. The topological polar surface area (TPSA) is 45.4 Å². The van der Waals surface area contributed by atoms with E-state index in [1.54, 1.807) is 0 Å². The third-order valence-corrected chi connectivity index (χ3v) is 4.70. The average Bonchev–Trinajstić information content (AvgIpc) is 2.55. The van der Waals surface area contributed by atoms with Gasteiger partial charge in [-0.15, -0.1) is 0 Å². The van der Waals surface area contributed by atoms with E-state index in [4.69, 9.17) is 22.9 Å². The molecule has 3 rings (SSSR count). The molecule has 0 saturated carbocycles. The van der Waals surface area contributed by atoms with Crippen molar-refractivity contribution in [3.05, 3.63) is 58.8 Å². The number of hydrogen-bond donors (Lipinski definition) is 1. The Kier molecular flexibility index (Phi) is 5.11. The van der Waals surface area contributed by atoms with E-state index in [2.05, 4.69) is 47.1 Å². The first-order valence-electron chi connectivity index (χ1n) is 8.34. The maximum atomic E-state index is 5.96. The van der Waals surface area contributed by atoms with Gasteiger partial charge in [0.1, 0.15) is 10.8 Å². The quantitative estimate of drug-likeness (QED) is 0.867. The summed E-state index contributed by atoms with van der Waals surface area (Å²) in [5.41, 5.74) is 10.4. The van der Waals surface area contributed by atoms with Crippen LogP contribution in [-0.2, 0) is 6.54 Å². The molecule has 2 N–H and O–H groups in total. The first-order chi connectivity index (χ1) is 11.5. The molecule has 0 spiro atoms. The van der Waals surface area contributed by atoms with Crippen molar-refractivity contribution >= 4 is 23.0 Å². The molecule has 1 aliphatic rings. The van der Waals surface area contributed by atoms with Crippen LogP contribution in [0.5, 0.6) is 0 Å². The molecule has 0 bridgehead atoms. The molecule has 1 aromatic carbocycles. The molecular formula is C19H24N4S. The summed E-state index contributed by atoms with van der Waals surface area (Å²) in [4.78, 5) is 9.96. The van der Waals surface area contributed by atoms with Crippen molar-refractivity contribution < 1.29 is 0 Å². The Morgan fingerprint density at radius 3 is 2.42 bits per heavy atom. The molecule has 0 unspecified atom stereocenters. The van der Waals surface area contributed by atoms with Gasteiger partial charge < -0.3 is 10.6 Å². The molecule has 0 aliphatic carbocycles. The van der Waals surface area contributed by atoms with Gasteiger partial charge in [-0.3, -0.25) is 4.90 Å². The predicted molar refractivity (Wildman–Crippen MR) is 104 cm³/mol. The summed E-state index contributed by atoms with van der Waals surface area (Å²) in [6.07, 6.45) is 0. The second-order valence-electron chi connectivity index (χ2n) is 6.39. The monoisotopic (exact) mass is 340 g/mol. The highest BCUT2D eigenvalue weighted by Gasteiger charge is 2.22. The van der Waals surface area contributed by atoms with Gasteiger partial charge in [0.2, 0.25) is 0 Å². The summed E-state index contributed by atoms with van der Waals surface area (Å²) in [6.45, 7) is 8.98. The zero-order chi connectivity index (χ0) is 17.1. The largest absolute Gasteiger partial charge is 0.389 e. The van der Waals surface area contributed by atoms with Gasteiger partial charge in [-0.25, -0.2) is 4.98 Å². The number of benzene rings is 1. The van der Waals surface area contributed by atoms with E-state index in [1.807, 2.05) is 13.0 Å². The molecule has 1 fully saturated rings. The molecule has 2 heterocycles. The lowest BCUT2D eigenvalue weighted by molar-refractivity contribution is 0.249. The number of nitrogens with two attached hydrogens (primary N) is 1. The summed E-state index contributed by atoms with van der Waals surface area (Å²) < 4.78 is 0. The molecular weight excluding hydrogens is 316 g/mol. The fourth-order valence-corrected chi connectivity index (χ4v) is 3.56. The van der Waals surface area contributed by atoms with Gasteiger partial charge in [-0.2, -0.15) is 0 Å². The average molecular weight is 340 g/mol. The number of hydrogen-bond acceptors (Lipinski definition) is 4. The molecule has 2 aromatic rings. The first kappa shape index (κ1) is 16.9. The Morgan fingerprint density at radius 2 is 1.79 bits per heavy atom. The molecule has 4 nitrogen and oxygen atoms in total. The standard InChI is InChI=1S/C19H24N4S/c1-14-12-15(2)21-19(17(14)18(20)24)23-10-8-22(9-11-23)13-16-6-4-3-5-7-16/h3-7,12H,8-11,13H2,1-2H3,(H2,20,24). The lowest BCUT2D eigenvalue weighted by atomic mass is 10.1. The highest BCUT2D eigenvalue weighted by Crippen LogP contribution is 2.24. The van der Waals surface area contributed by atoms with Gasteiger partial charge in [-0.1, -0.05) is 42.5 Å². The molecule has 0 amide bonds. The number of pyridine rings is 1.